The van der Waals surface area contributed by atoms with Gasteiger partial charge in [-0.2, -0.15) is 4.31 Å². The van der Waals surface area contributed by atoms with Crippen LogP contribution >= 0.6 is 0 Å². The molecule has 4 rings (SSSR count). The van der Waals surface area contributed by atoms with Crippen molar-refractivity contribution >= 4 is 21.8 Å². The highest BCUT2D eigenvalue weighted by Crippen LogP contribution is 2.30. The Hall–Kier alpha value is -2.71. The van der Waals surface area contributed by atoms with Crippen LogP contribution in [0.2, 0.25) is 0 Å². The zero-order valence-electron chi connectivity index (χ0n) is 19.0. The molecule has 1 aliphatic carbocycles. The fraction of sp³-hybridized carbons (Fsp3) is 0.440. The summed E-state index contributed by atoms with van der Waals surface area (Å²) in [6.45, 7) is 3.05. The molecule has 2 aromatic carbocycles. The monoisotopic (exact) mass is 469 g/mol. The van der Waals surface area contributed by atoms with Crippen LogP contribution in [0.15, 0.2) is 53.4 Å². The smallest absolute Gasteiger partial charge is 0.252 e. The summed E-state index contributed by atoms with van der Waals surface area (Å²) in [7, 11) is -3.76. The Morgan fingerprint density at radius 1 is 1.00 bits per heavy atom. The summed E-state index contributed by atoms with van der Waals surface area (Å²) in [5, 5.41) is 5.79. The molecule has 7 nitrogen and oxygen atoms in total. The predicted octanol–water partition coefficient (Wildman–Crippen LogP) is 3.00. The van der Waals surface area contributed by atoms with Gasteiger partial charge in [-0.1, -0.05) is 49.6 Å². The summed E-state index contributed by atoms with van der Waals surface area (Å²) in [5.41, 5.74) is 1.46. The van der Waals surface area contributed by atoms with Gasteiger partial charge in [0, 0.05) is 25.2 Å². The molecule has 0 saturated heterocycles. The van der Waals surface area contributed by atoms with Gasteiger partial charge in [-0.3, -0.25) is 9.59 Å². The standard InChI is InChI=1S/C25H31N3O4S/c1-2-26-24(30)25(14-6-3-7-15-25)27-23(29)20-11-8-12-22(17-20)33(31,32)28-16-13-19-9-4-5-10-21(19)18-28/h4-5,8-12,17H,2-3,6-7,13-16,18H2,1H3,(H,26,30)(H,27,29). The number of nitrogens with zero attached hydrogens (tertiary/aromatic N) is 1. The molecule has 8 heteroatoms. The van der Waals surface area contributed by atoms with E-state index in [0.717, 1.165) is 24.8 Å². The zero-order chi connectivity index (χ0) is 23.5. The minimum absolute atomic E-state index is 0.0882. The van der Waals surface area contributed by atoms with Gasteiger partial charge in [-0.25, -0.2) is 8.42 Å². The number of likely N-dealkylation sites (N-methyl/N-ethyl adjacent to an activating group) is 1. The van der Waals surface area contributed by atoms with Crippen molar-refractivity contribution in [2.24, 2.45) is 0 Å². The molecule has 1 aliphatic heterocycles. The van der Waals surface area contributed by atoms with Crippen LogP contribution in [0.4, 0.5) is 0 Å². The lowest BCUT2D eigenvalue weighted by Crippen LogP contribution is -2.59. The number of amides is 2. The van der Waals surface area contributed by atoms with Crippen molar-refractivity contribution in [3.8, 4) is 0 Å². The van der Waals surface area contributed by atoms with E-state index in [-0.39, 0.29) is 16.4 Å². The normalized spacial score (nSPS) is 18.2. The Kier molecular flexibility index (Phi) is 6.86. The van der Waals surface area contributed by atoms with E-state index in [1.54, 1.807) is 12.1 Å². The third-order valence-electron chi connectivity index (χ3n) is 6.66. The molecule has 176 valence electrons. The van der Waals surface area contributed by atoms with Crippen molar-refractivity contribution in [2.75, 3.05) is 13.1 Å². The Morgan fingerprint density at radius 3 is 2.45 bits per heavy atom. The van der Waals surface area contributed by atoms with Gasteiger partial charge in [0.2, 0.25) is 15.9 Å². The maximum absolute atomic E-state index is 13.3. The molecular formula is C25H31N3O4S. The average Bonchev–Trinajstić information content (AvgIpc) is 2.84. The SMILES string of the molecule is CCNC(=O)C1(NC(=O)c2cccc(S(=O)(=O)N3CCc4ccccc4C3)c2)CCCCC1. The first-order valence-corrected chi connectivity index (χ1v) is 13.1. The Labute approximate surface area is 195 Å². The van der Waals surface area contributed by atoms with Gasteiger partial charge in [-0.05, 0) is 55.5 Å². The Balaban J connectivity index is 1.56. The number of hydrogen-bond acceptors (Lipinski definition) is 4. The van der Waals surface area contributed by atoms with Gasteiger partial charge in [-0.15, -0.1) is 0 Å². The maximum atomic E-state index is 13.3. The minimum Gasteiger partial charge on any atom is -0.354 e. The number of fused-ring (bicyclic) bond motifs is 1. The van der Waals surface area contributed by atoms with Crippen LogP contribution in [0.25, 0.3) is 0 Å². The summed E-state index contributed by atoms with van der Waals surface area (Å²) >= 11 is 0. The van der Waals surface area contributed by atoms with Crippen molar-refractivity contribution < 1.29 is 18.0 Å². The number of carbonyl (C=O) groups is 2. The summed E-state index contributed by atoms with van der Waals surface area (Å²) in [6.07, 6.45) is 4.57. The van der Waals surface area contributed by atoms with Crippen molar-refractivity contribution in [2.45, 2.75) is 62.4 Å². The highest BCUT2D eigenvalue weighted by Gasteiger charge is 2.41. The van der Waals surface area contributed by atoms with Crippen LogP contribution in [-0.2, 0) is 27.8 Å². The van der Waals surface area contributed by atoms with E-state index in [4.69, 9.17) is 0 Å². The molecule has 0 aromatic heterocycles. The molecule has 0 unspecified atom stereocenters. The third kappa shape index (κ3) is 4.82. The van der Waals surface area contributed by atoms with Crippen molar-refractivity contribution in [3.63, 3.8) is 0 Å². The first-order valence-electron chi connectivity index (χ1n) is 11.6. The van der Waals surface area contributed by atoms with Gasteiger partial charge >= 0.3 is 0 Å². The van der Waals surface area contributed by atoms with E-state index in [1.165, 1.54) is 22.0 Å². The second-order valence-electron chi connectivity index (χ2n) is 8.84. The number of hydrogen-bond donors (Lipinski definition) is 2. The van der Waals surface area contributed by atoms with Crippen molar-refractivity contribution in [1.29, 1.82) is 0 Å². The summed E-state index contributed by atoms with van der Waals surface area (Å²) in [6, 6.07) is 14.0. The maximum Gasteiger partial charge on any atom is 0.252 e. The molecular weight excluding hydrogens is 438 g/mol. The third-order valence-corrected chi connectivity index (χ3v) is 8.50. The van der Waals surface area contributed by atoms with E-state index >= 15 is 0 Å². The van der Waals surface area contributed by atoms with Crippen LogP contribution in [0.1, 0.15) is 60.5 Å². The van der Waals surface area contributed by atoms with Gasteiger partial charge in [0.05, 0.1) is 4.90 Å². The van der Waals surface area contributed by atoms with E-state index < -0.39 is 21.5 Å². The zero-order valence-corrected chi connectivity index (χ0v) is 19.8. The van der Waals surface area contributed by atoms with Crippen LogP contribution < -0.4 is 10.6 Å². The minimum atomic E-state index is -3.76. The number of benzene rings is 2. The molecule has 1 fully saturated rings. The number of sulfonamides is 1. The van der Waals surface area contributed by atoms with Gasteiger partial charge in [0.1, 0.15) is 5.54 Å². The Bertz CT molecular complexity index is 1140. The number of nitrogens with one attached hydrogen (secondary N) is 2. The molecule has 0 atom stereocenters. The van der Waals surface area contributed by atoms with E-state index in [2.05, 4.69) is 10.6 Å². The second-order valence-corrected chi connectivity index (χ2v) is 10.8. The van der Waals surface area contributed by atoms with Crippen molar-refractivity contribution in [3.05, 3.63) is 65.2 Å². The van der Waals surface area contributed by atoms with Gasteiger partial charge in [0.15, 0.2) is 0 Å². The highest BCUT2D eigenvalue weighted by atomic mass is 32.2. The van der Waals surface area contributed by atoms with E-state index in [0.29, 0.717) is 38.9 Å². The molecule has 2 amide bonds. The molecule has 1 heterocycles. The van der Waals surface area contributed by atoms with Crippen molar-refractivity contribution in [1.82, 2.24) is 14.9 Å². The topological polar surface area (TPSA) is 95.6 Å². The van der Waals surface area contributed by atoms with Gasteiger partial charge < -0.3 is 10.6 Å². The molecule has 2 aromatic rings. The Morgan fingerprint density at radius 2 is 1.73 bits per heavy atom. The average molecular weight is 470 g/mol. The fourth-order valence-corrected chi connectivity index (χ4v) is 6.27. The van der Waals surface area contributed by atoms with Crippen LogP contribution in [-0.4, -0.2) is 43.2 Å². The van der Waals surface area contributed by atoms with Gasteiger partial charge in [0.25, 0.3) is 5.91 Å². The lowest BCUT2D eigenvalue weighted by molar-refractivity contribution is -0.128. The molecule has 2 N–H and O–H groups in total. The first kappa shape index (κ1) is 23.4. The van der Waals surface area contributed by atoms with Crippen LogP contribution in [0.5, 0.6) is 0 Å². The fourth-order valence-electron chi connectivity index (χ4n) is 4.81. The first-order chi connectivity index (χ1) is 15.9. The summed E-state index contributed by atoms with van der Waals surface area (Å²) in [4.78, 5) is 26.0. The van der Waals surface area contributed by atoms with Crippen LogP contribution in [0.3, 0.4) is 0 Å². The predicted molar refractivity (Wildman–Crippen MR) is 126 cm³/mol. The molecule has 0 bridgehead atoms. The number of rotatable bonds is 6. The summed E-state index contributed by atoms with van der Waals surface area (Å²) < 4.78 is 28.2. The molecule has 2 aliphatic rings. The lowest BCUT2D eigenvalue weighted by Gasteiger charge is -2.36. The molecule has 33 heavy (non-hydrogen) atoms. The number of carbonyl (C=O) groups excluding carboxylic acids is 2. The van der Waals surface area contributed by atoms with E-state index in [9.17, 15) is 18.0 Å². The molecule has 0 radical (unpaired) electrons. The summed E-state index contributed by atoms with van der Waals surface area (Å²) in [5.74, 6) is -0.599. The second kappa shape index (κ2) is 9.65. The highest BCUT2D eigenvalue weighted by molar-refractivity contribution is 7.89. The lowest BCUT2D eigenvalue weighted by atomic mass is 9.80. The quantitative estimate of drug-likeness (QED) is 0.680. The van der Waals surface area contributed by atoms with E-state index in [1.807, 2.05) is 31.2 Å². The molecule has 1 saturated carbocycles. The van der Waals surface area contributed by atoms with Crippen LogP contribution in [0, 0.1) is 0 Å². The largest absolute Gasteiger partial charge is 0.354 e. The molecule has 0 spiro atoms.